The highest BCUT2D eigenvalue weighted by atomic mass is 16.5. The molecule has 1 aromatic rings. The van der Waals surface area contributed by atoms with Crippen molar-refractivity contribution in [3.05, 3.63) is 60.2 Å². The van der Waals surface area contributed by atoms with Gasteiger partial charge in [-0.05, 0) is 37.2 Å². The van der Waals surface area contributed by atoms with Gasteiger partial charge >= 0.3 is 5.97 Å². The first kappa shape index (κ1) is 26.3. The lowest BCUT2D eigenvalue weighted by Gasteiger charge is -2.19. The summed E-state index contributed by atoms with van der Waals surface area (Å²) in [6.45, 7) is 2.44. The Labute approximate surface area is 192 Å². The topological polar surface area (TPSA) is 87.0 Å². The Balaban J connectivity index is 1.68. The molecular weight excluding hydrogens is 404 g/mol. The van der Waals surface area contributed by atoms with E-state index in [2.05, 4.69) is 6.92 Å². The molecule has 1 fully saturated rings. The number of aliphatic hydroxyl groups is 3. The predicted octanol–water partition coefficient (Wildman–Crippen LogP) is 4.70. The summed E-state index contributed by atoms with van der Waals surface area (Å²) >= 11 is 0. The minimum Gasteiger partial charge on any atom is -0.461 e. The molecule has 1 aliphatic carbocycles. The lowest BCUT2D eigenvalue weighted by atomic mass is 9.89. The second kappa shape index (κ2) is 15.0. The van der Waals surface area contributed by atoms with Gasteiger partial charge in [0.2, 0.25) is 0 Å². The molecule has 0 radical (unpaired) electrons. The summed E-state index contributed by atoms with van der Waals surface area (Å²) in [4.78, 5) is 11.9. The van der Waals surface area contributed by atoms with Gasteiger partial charge < -0.3 is 20.1 Å². The van der Waals surface area contributed by atoms with Crippen LogP contribution >= 0.6 is 0 Å². The van der Waals surface area contributed by atoms with Gasteiger partial charge in [-0.1, -0.05) is 80.8 Å². The van der Waals surface area contributed by atoms with Gasteiger partial charge in [-0.3, -0.25) is 4.79 Å². The molecule has 3 N–H and O–H groups in total. The molecule has 5 nitrogen and oxygen atoms in total. The Kier molecular flexibility index (Phi) is 12.3. The molecule has 0 amide bonds. The van der Waals surface area contributed by atoms with Crippen LogP contribution < -0.4 is 0 Å². The molecule has 5 atom stereocenters. The third kappa shape index (κ3) is 9.68. The summed E-state index contributed by atoms with van der Waals surface area (Å²) in [5.41, 5.74) is 0.982. The summed E-state index contributed by atoms with van der Waals surface area (Å²) in [5.74, 6) is -0.404. The molecule has 0 aromatic heterocycles. The number of esters is 1. The van der Waals surface area contributed by atoms with Crippen molar-refractivity contribution in [2.75, 3.05) is 0 Å². The van der Waals surface area contributed by atoms with Crippen LogP contribution in [0.5, 0.6) is 0 Å². The smallest absolute Gasteiger partial charge is 0.306 e. The van der Waals surface area contributed by atoms with Gasteiger partial charge in [-0.25, -0.2) is 0 Å². The summed E-state index contributed by atoms with van der Waals surface area (Å²) in [6, 6.07) is 9.63. The van der Waals surface area contributed by atoms with Gasteiger partial charge in [0.15, 0.2) is 0 Å². The lowest BCUT2D eigenvalue weighted by Crippen LogP contribution is -2.20. The zero-order chi connectivity index (χ0) is 23.2. The molecular formula is C27H40O5. The monoisotopic (exact) mass is 444 g/mol. The Hall–Kier alpha value is -1.95. The molecule has 1 saturated carbocycles. The van der Waals surface area contributed by atoms with Crippen molar-refractivity contribution in [2.45, 2.75) is 89.6 Å². The van der Waals surface area contributed by atoms with Crippen molar-refractivity contribution in [3.8, 4) is 0 Å². The van der Waals surface area contributed by atoms with E-state index in [1.807, 2.05) is 48.6 Å². The highest BCUT2D eigenvalue weighted by molar-refractivity contribution is 5.69. The van der Waals surface area contributed by atoms with Crippen LogP contribution in [-0.4, -0.2) is 39.6 Å². The first-order valence-electron chi connectivity index (χ1n) is 12.1. The molecule has 0 aliphatic heterocycles. The van der Waals surface area contributed by atoms with Gasteiger partial charge in [0.1, 0.15) is 6.61 Å². The van der Waals surface area contributed by atoms with Crippen molar-refractivity contribution in [3.63, 3.8) is 0 Å². The van der Waals surface area contributed by atoms with E-state index in [-0.39, 0.29) is 17.8 Å². The maximum atomic E-state index is 11.9. The molecule has 178 valence electrons. The Bertz CT molecular complexity index is 699. The molecule has 32 heavy (non-hydrogen) atoms. The second-order valence-corrected chi connectivity index (χ2v) is 8.81. The van der Waals surface area contributed by atoms with Crippen molar-refractivity contribution in [1.29, 1.82) is 0 Å². The maximum absolute atomic E-state index is 11.9. The van der Waals surface area contributed by atoms with Gasteiger partial charge in [0, 0.05) is 18.8 Å². The van der Waals surface area contributed by atoms with E-state index in [0.29, 0.717) is 32.3 Å². The van der Waals surface area contributed by atoms with E-state index < -0.39 is 18.3 Å². The molecule has 5 unspecified atom stereocenters. The van der Waals surface area contributed by atoms with Crippen LogP contribution in [0.3, 0.4) is 0 Å². The highest BCUT2D eigenvalue weighted by Gasteiger charge is 2.39. The van der Waals surface area contributed by atoms with Gasteiger partial charge in [-0.15, -0.1) is 0 Å². The van der Waals surface area contributed by atoms with Crippen LogP contribution in [0.1, 0.15) is 70.3 Å². The van der Waals surface area contributed by atoms with E-state index in [4.69, 9.17) is 4.74 Å². The number of ether oxygens (including phenoxy) is 1. The molecule has 1 aliphatic rings. The van der Waals surface area contributed by atoms with E-state index in [1.165, 1.54) is 0 Å². The average Bonchev–Trinajstić information content (AvgIpc) is 3.06. The number of unbranched alkanes of at least 4 members (excludes halogenated alkanes) is 3. The lowest BCUT2D eigenvalue weighted by molar-refractivity contribution is -0.145. The second-order valence-electron chi connectivity index (χ2n) is 8.81. The molecule has 5 heteroatoms. The highest BCUT2D eigenvalue weighted by Crippen LogP contribution is 2.36. The van der Waals surface area contributed by atoms with Crippen LogP contribution in [0.4, 0.5) is 0 Å². The van der Waals surface area contributed by atoms with Crippen molar-refractivity contribution in [2.24, 2.45) is 11.8 Å². The number of carbonyl (C=O) groups excluding carboxylic acids is 1. The van der Waals surface area contributed by atoms with Gasteiger partial charge in [-0.2, -0.15) is 0 Å². The first-order valence-corrected chi connectivity index (χ1v) is 12.1. The number of aliphatic hydroxyl groups excluding tert-OH is 3. The van der Waals surface area contributed by atoms with Crippen molar-refractivity contribution in [1.82, 2.24) is 0 Å². The predicted molar refractivity (Wildman–Crippen MR) is 127 cm³/mol. The van der Waals surface area contributed by atoms with E-state index in [0.717, 1.165) is 37.7 Å². The fraction of sp³-hybridized carbons (Fsp3) is 0.593. The zero-order valence-corrected chi connectivity index (χ0v) is 19.3. The standard InChI is InChI=1S/C27H40O5/c1-2-3-7-14-22(28)17-18-24-23(25(29)19-26(24)30)15-10-4-5-11-16-27(31)32-20-21-12-8-6-9-13-21/h4,6,8-10,12-13,17-18,22-26,28-30H,2-3,5,7,11,14-16,19-20H2,1H3/b10-4+,18-17-. The van der Waals surface area contributed by atoms with Crippen LogP contribution in [-0.2, 0) is 16.1 Å². The Morgan fingerprint density at radius 2 is 1.91 bits per heavy atom. The molecule has 0 bridgehead atoms. The van der Waals surface area contributed by atoms with Gasteiger partial charge in [0.05, 0.1) is 18.3 Å². The van der Waals surface area contributed by atoms with E-state index >= 15 is 0 Å². The Morgan fingerprint density at radius 1 is 1.12 bits per heavy atom. The Morgan fingerprint density at radius 3 is 2.66 bits per heavy atom. The molecule has 2 rings (SSSR count). The number of carbonyl (C=O) groups is 1. The third-order valence-electron chi connectivity index (χ3n) is 6.14. The number of rotatable bonds is 14. The fourth-order valence-electron chi connectivity index (χ4n) is 4.21. The average molecular weight is 445 g/mol. The third-order valence-corrected chi connectivity index (χ3v) is 6.14. The van der Waals surface area contributed by atoms with Crippen molar-refractivity contribution >= 4 is 5.97 Å². The van der Waals surface area contributed by atoms with Gasteiger partial charge in [0.25, 0.3) is 0 Å². The van der Waals surface area contributed by atoms with Crippen LogP contribution in [0, 0.1) is 11.8 Å². The summed E-state index contributed by atoms with van der Waals surface area (Å²) < 4.78 is 5.28. The zero-order valence-electron chi connectivity index (χ0n) is 19.3. The van der Waals surface area contributed by atoms with Crippen LogP contribution in [0.2, 0.25) is 0 Å². The molecule has 0 spiro atoms. The van der Waals surface area contributed by atoms with E-state index in [9.17, 15) is 20.1 Å². The quantitative estimate of drug-likeness (QED) is 0.220. The molecule has 0 saturated heterocycles. The summed E-state index contributed by atoms with van der Waals surface area (Å²) in [6.07, 6.45) is 12.9. The number of allylic oxidation sites excluding steroid dienone is 2. The molecule has 1 aromatic carbocycles. The maximum Gasteiger partial charge on any atom is 0.306 e. The largest absolute Gasteiger partial charge is 0.461 e. The number of benzene rings is 1. The summed E-state index contributed by atoms with van der Waals surface area (Å²) in [7, 11) is 0. The number of hydrogen-bond acceptors (Lipinski definition) is 5. The van der Waals surface area contributed by atoms with Crippen LogP contribution in [0.15, 0.2) is 54.6 Å². The molecule has 0 heterocycles. The normalized spacial score (nSPS) is 24.4. The van der Waals surface area contributed by atoms with E-state index in [1.54, 1.807) is 6.08 Å². The summed E-state index contributed by atoms with van der Waals surface area (Å²) in [5, 5.41) is 30.8. The minimum absolute atomic E-state index is 0.0591. The fourth-order valence-corrected chi connectivity index (χ4v) is 4.21. The van der Waals surface area contributed by atoms with Crippen LogP contribution in [0.25, 0.3) is 0 Å². The van der Waals surface area contributed by atoms with Crippen molar-refractivity contribution < 1.29 is 24.9 Å². The first-order chi connectivity index (χ1) is 15.5. The number of hydrogen-bond donors (Lipinski definition) is 3. The minimum atomic E-state index is -0.582. The SMILES string of the molecule is CCCCCC(O)/C=C\C1C(O)CC(O)C1C/C=C/CCCC(=O)OCc1ccccc1.